The van der Waals surface area contributed by atoms with E-state index in [0.29, 0.717) is 18.6 Å². The first-order chi connectivity index (χ1) is 15.2. The zero-order valence-corrected chi connectivity index (χ0v) is 19.0. The standard InChI is InChI=1S/C24H31N5OS/c1-2-20-12-21-22(26-17-27-23(21)31-20)29-9-7-24(16-29)14-28(15-24)13-18-5-3-6-19(11-18)30-10-4-8-25/h3,5-6,11-12,17H,2,4,7-10,13-16,25H2,1H3. The Morgan fingerprint density at radius 3 is 2.94 bits per heavy atom. The second-order valence-electron chi connectivity index (χ2n) is 8.94. The van der Waals surface area contributed by atoms with Crippen LogP contribution in [0.2, 0.25) is 0 Å². The van der Waals surface area contributed by atoms with E-state index in [2.05, 4.69) is 51.0 Å². The van der Waals surface area contributed by atoms with Gasteiger partial charge in [0.05, 0.1) is 12.0 Å². The Balaban J connectivity index is 1.20. The van der Waals surface area contributed by atoms with Gasteiger partial charge in [0.2, 0.25) is 0 Å². The van der Waals surface area contributed by atoms with E-state index in [-0.39, 0.29) is 0 Å². The monoisotopic (exact) mass is 437 g/mol. The van der Waals surface area contributed by atoms with Crippen LogP contribution in [0.4, 0.5) is 5.82 Å². The summed E-state index contributed by atoms with van der Waals surface area (Å²) in [5, 5.41) is 1.23. The minimum Gasteiger partial charge on any atom is -0.494 e. The van der Waals surface area contributed by atoms with E-state index in [1.165, 1.54) is 22.2 Å². The van der Waals surface area contributed by atoms with E-state index in [9.17, 15) is 0 Å². The number of likely N-dealkylation sites (tertiary alicyclic amines) is 1. The molecule has 2 aliphatic heterocycles. The maximum Gasteiger partial charge on any atom is 0.140 e. The predicted molar refractivity (Wildman–Crippen MR) is 127 cm³/mol. The van der Waals surface area contributed by atoms with E-state index in [1.54, 1.807) is 17.7 Å². The molecular weight excluding hydrogens is 406 g/mol. The Hall–Kier alpha value is -2.22. The minimum atomic E-state index is 0.399. The molecule has 164 valence electrons. The molecule has 2 N–H and O–H groups in total. The van der Waals surface area contributed by atoms with Crippen molar-refractivity contribution in [3.05, 3.63) is 47.1 Å². The zero-order valence-electron chi connectivity index (χ0n) is 18.2. The minimum absolute atomic E-state index is 0.399. The number of nitrogens with zero attached hydrogens (tertiary/aromatic N) is 4. The van der Waals surface area contributed by atoms with Gasteiger partial charge in [-0.05, 0) is 49.6 Å². The maximum atomic E-state index is 5.81. The van der Waals surface area contributed by atoms with Gasteiger partial charge in [-0.25, -0.2) is 9.97 Å². The molecule has 7 heteroatoms. The third-order valence-corrected chi connectivity index (χ3v) is 7.67. The first-order valence-corrected chi connectivity index (χ1v) is 12.1. The van der Waals surface area contributed by atoms with Crippen molar-refractivity contribution in [2.45, 2.75) is 32.7 Å². The van der Waals surface area contributed by atoms with Gasteiger partial charge >= 0.3 is 0 Å². The van der Waals surface area contributed by atoms with Gasteiger partial charge < -0.3 is 15.4 Å². The summed E-state index contributed by atoms with van der Waals surface area (Å²) in [7, 11) is 0. The van der Waals surface area contributed by atoms with Gasteiger partial charge in [-0.1, -0.05) is 19.1 Å². The summed E-state index contributed by atoms with van der Waals surface area (Å²) < 4.78 is 5.81. The van der Waals surface area contributed by atoms with Crippen LogP contribution in [0.3, 0.4) is 0 Å². The number of ether oxygens (including phenoxy) is 1. The van der Waals surface area contributed by atoms with Gasteiger partial charge in [-0.3, -0.25) is 4.90 Å². The highest BCUT2D eigenvalue weighted by atomic mass is 32.1. The van der Waals surface area contributed by atoms with Crippen LogP contribution in [-0.4, -0.2) is 54.2 Å². The lowest BCUT2D eigenvalue weighted by atomic mass is 9.79. The Morgan fingerprint density at radius 2 is 2.10 bits per heavy atom. The highest BCUT2D eigenvalue weighted by molar-refractivity contribution is 7.18. The smallest absolute Gasteiger partial charge is 0.140 e. The lowest BCUT2D eigenvalue weighted by Crippen LogP contribution is -2.56. The molecule has 3 aromatic rings. The van der Waals surface area contributed by atoms with Crippen molar-refractivity contribution >= 4 is 27.4 Å². The van der Waals surface area contributed by atoms with Crippen molar-refractivity contribution in [3.63, 3.8) is 0 Å². The molecule has 6 nitrogen and oxygen atoms in total. The van der Waals surface area contributed by atoms with Crippen molar-refractivity contribution in [3.8, 4) is 5.75 Å². The molecule has 2 aromatic heterocycles. The largest absolute Gasteiger partial charge is 0.494 e. The molecular formula is C24H31N5OS. The van der Waals surface area contributed by atoms with E-state index >= 15 is 0 Å². The molecule has 0 atom stereocenters. The van der Waals surface area contributed by atoms with Crippen molar-refractivity contribution < 1.29 is 4.74 Å². The first-order valence-electron chi connectivity index (χ1n) is 11.3. The fourth-order valence-corrected chi connectivity index (χ4v) is 5.90. The van der Waals surface area contributed by atoms with Crippen LogP contribution in [-0.2, 0) is 13.0 Å². The van der Waals surface area contributed by atoms with Crippen LogP contribution in [0.15, 0.2) is 36.7 Å². The summed E-state index contributed by atoms with van der Waals surface area (Å²) in [6, 6.07) is 10.8. The number of benzene rings is 1. The van der Waals surface area contributed by atoms with Gasteiger partial charge in [0, 0.05) is 43.0 Å². The van der Waals surface area contributed by atoms with Crippen molar-refractivity contribution in [2.24, 2.45) is 11.1 Å². The van der Waals surface area contributed by atoms with Gasteiger partial charge in [0.25, 0.3) is 0 Å². The number of aromatic nitrogens is 2. The number of fused-ring (bicyclic) bond motifs is 1. The fraction of sp³-hybridized carbons (Fsp3) is 0.500. The van der Waals surface area contributed by atoms with E-state index in [0.717, 1.165) is 62.0 Å². The summed E-state index contributed by atoms with van der Waals surface area (Å²) in [5.41, 5.74) is 7.27. The molecule has 1 aromatic carbocycles. The predicted octanol–water partition coefficient (Wildman–Crippen LogP) is 3.69. The summed E-state index contributed by atoms with van der Waals surface area (Å²) in [4.78, 5) is 16.7. The maximum absolute atomic E-state index is 5.81. The average molecular weight is 438 g/mol. The van der Waals surface area contributed by atoms with E-state index < -0.39 is 0 Å². The molecule has 2 fully saturated rings. The average Bonchev–Trinajstić information content (AvgIpc) is 3.38. The number of anilines is 1. The topological polar surface area (TPSA) is 67.5 Å². The third-order valence-electron chi connectivity index (χ3n) is 6.49. The lowest BCUT2D eigenvalue weighted by Gasteiger charge is -2.48. The normalized spacial score (nSPS) is 18.1. The molecule has 0 aliphatic carbocycles. The quantitative estimate of drug-likeness (QED) is 0.542. The third kappa shape index (κ3) is 4.27. The molecule has 0 radical (unpaired) electrons. The van der Waals surface area contributed by atoms with Crippen LogP contribution in [0.25, 0.3) is 10.2 Å². The second kappa shape index (κ2) is 8.73. The fourth-order valence-electron chi connectivity index (χ4n) is 4.97. The number of hydrogen-bond acceptors (Lipinski definition) is 7. The van der Waals surface area contributed by atoms with Crippen LogP contribution >= 0.6 is 11.3 Å². The molecule has 31 heavy (non-hydrogen) atoms. The number of hydrogen-bond donors (Lipinski definition) is 1. The molecule has 2 saturated heterocycles. The molecule has 0 saturated carbocycles. The van der Waals surface area contributed by atoms with E-state index in [1.807, 2.05) is 6.07 Å². The summed E-state index contributed by atoms with van der Waals surface area (Å²) in [6.07, 6.45) is 4.91. The molecule has 1 spiro atoms. The number of rotatable bonds is 8. The Morgan fingerprint density at radius 1 is 1.19 bits per heavy atom. The van der Waals surface area contributed by atoms with E-state index in [4.69, 9.17) is 10.5 Å². The van der Waals surface area contributed by atoms with Crippen LogP contribution in [0.1, 0.15) is 30.2 Å². The molecule has 4 heterocycles. The molecule has 0 unspecified atom stereocenters. The lowest BCUT2D eigenvalue weighted by molar-refractivity contribution is 0.0116. The first kappa shape index (κ1) is 20.7. The van der Waals surface area contributed by atoms with Gasteiger partial charge in [0.1, 0.15) is 22.7 Å². The van der Waals surface area contributed by atoms with Crippen LogP contribution in [0, 0.1) is 5.41 Å². The number of thiophene rings is 1. The Bertz CT molecular complexity index is 1050. The molecule has 0 amide bonds. The number of nitrogens with two attached hydrogens (primary N) is 1. The van der Waals surface area contributed by atoms with Gasteiger partial charge in [-0.15, -0.1) is 11.3 Å². The molecule has 0 bridgehead atoms. The summed E-state index contributed by atoms with van der Waals surface area (Å²) in [6.45, 7) is 9.02. The van der Waals surface area contributed by atoms with Crippen LogP contribution < -0.4 is 15.4 Å². The number of aryl methyl sites for hydroxylation is 1. The zero-order chi connectivity index (χ0) is 21.3. The molecule has 5 rings (SSSR count). The Kier molecular flexibility index (Phi) is 5.82. The van der Waals surface area contributed by atoms with Crippen molar-refractivity contribution in [2.75, 3.05) is 44.2 Å². The van der Waals surface area contributed by atoms with Gasteiger partial charge in [0.15, 0.2) is 0 Å². The second-order valence-corrected chi connectivity index (χ2v) is 10.1. The molecule has 2 aliphatic rings. The van der Waals surface area contributed by atoms with Crippen molar-refractivity contribution in [1.29, 1.82) is 0 Å². The highest BCUT2D eigenvalue weighted by Gasteiger charge is 2.47. The highest BCUT2D eigenvalue weighted by Crippen LogP contribution is 2.43. The Labute approximate surface area is 188 Å². The summed E-state index contributed by atoms with van der Waals surface area (Å²) >= 11 is 1.80. The SMILES string of the molecule is CCc1cc2c(N3CCC4(CN(Cc5cccc(OCCCN)c5)C4)C3)ncnc2s1. The van der Waals surface area contributed by atoms with Crippen LogP contribution in [0.5, 0.6) is 5.75 Å². The van der Waals surface area contributed by atoms with Gasteiger partial charge in [-0.2, -0.15) is 0 Å². The van der Waals surface area contributed by atoms with Crippen molar-refractivity contribution in [1.82, 2.24) is 14.9 Å². The summed E-state index contributed by atoms with van der Waals surface area (Å²) in [5.74, 6) is 2.07.